The molecule has 0 bridgehead atoms. The summed E-state index contributed by atoms with van der Waals surface area (Å²) in [6, 6.07) is -1.50. The third kappa shape index (κ3) is 2.84. The molecule has 13 heavy (non-hydrogen) atoms. The first kappa shape index (κ1) is 10.8. The molecule has 1 N–H and O–H groups in total. The number of hydrogen-bond donors (Lipinski definition) is 1. The highest BCUT2D eigenvalue weighted by Gasteiger charge is 2.45. The van der Waals surface area contributed by atoms with Gasteiger partial charge in [-0.2, -0.15) is 13.2 Å². The van der Waals surface area contributed by atoms with Crippen LogP contribution >= 0.6 is 0 Å². The minimum absolute atomic E-state index is 0.310. The van der Waals surface area contributed by atoms with Crippen LogP contribution in [0.2, 0.25) is 0 Å². The van der Waals surface area contributed by atoms with E-state index in [1.807, 2.05) is 0 Å². The first-order valence-electron chi connectivity index (χ1n) is 4.47. The summed E-state index contributed by atoms with van der Waals surface area (Å²) in [5.41, 5.74) is 0. The topological polar surface area (TPSA) is 21.3 Å². The highest BCUT2D eigenvalue weighted by molar-refractivity contribution is 4.85. The van der Waals surface area contributed by atoms with Crippen molar-refractivity contribution in [2.24, 2.45) is 0 Å². The Kier molecular flexibility index (Phi) is 3.55. The zero-order chi connectivity index (χ0) is 9.90. The molecule has 0 saturated carbocycles. The van der Waals surface area contributed by atoms with Crippen LogP contribution in [0.1, 0.15) is 19.8 Å². The first-order chi connectivity index (χ1) is 6.05. The van der Waals surface area contributed by atoms with Gasteiger partial charge in [0.2, 0.25) is 0 Å². The standard InChI is InChI=1S/C8H14F3NO/c1-2-12-7(8(9,10)11)6-4-3-5-13-6/h6-7,12H,2-5H2,1H3. The first-order valence-corrected chi connectivity index (χ1v) is 4.47. The summed E-state index contributed by atoms with van der Waals surface area (Å²) in [7, 11) is 0. The fourth-order valence-corrected chi connectivity index (χ4v) is 1.54. The number of likely N-dealkylation sites (N-methyl/N-ethyl adjacent to an activating group) is 1. The van der Waals surface area contributed by atoms with Gasteiger partial charge >= 0.3 is 6.18 Å². The molecule has 0 radical (unpaired) electrons. The summed E-state index contributed by atoms with van der Waals surface area (Å²) in [4.78, 5) is 0. The van der Waals surface area contributed by atoms with Gasteiger partial charge in [-0.05, 0) is 19.4 Å². The van der Waals surface area contributed by atoms with E-state index in [-0.39, 0.29) is 0 Å². The van der Waals surface area contributed by atoms with Gasteiger partial charge in [0.1, 0.15) is 6.04 Å². The molecule has 1 fully saturated rings. The van der Waals surface area contributed by atoms with Gasteiger partial charge in [-0.3, -0.25) is 0 Å². The number of nitrogens with one attached hydrogen (secondary N) is 1. The van der Waals surface area contributed by atoms with Crippen molar-refractivity contribution in [2.75, 3.05) is 13.2 Å². The minimum Gasteiger partial charge on any atom is -0.376 e. The SMILES string of the molecule is CCNC(C1CCCO1)C(F)(F)F. The average molecular weight is 197 g/mol. The van der Waals surface area contributed by atoms with Crippen molar-refractivity contribution >= 4 is 0 Å². The molecule has 0 amide bonds. The van der Waals surface area contributed by atoms with Crippen LogP contribution in [-0.4, -0.2) is 31.5 Å². The van der Waals surface area contributed by atoms with Gasteiger partial charge in [-0.1, -0.05) is 6.92 Å². The van der Waals surface area contributed by atoms with Crippen molar-refractivity contribution in [1.82, 2.24) is 5.32 Å². The fraction of sp³-hybridized carbons (Fsp3) is 1.00. The van der Waals surface area contributed by atoms with Crippen molar-refractivity contribution < 1.29 is 17.9 Å². The van der Waals surface area contributed by atoms with Crippen molar-refractivity contribution in [3.05, 3.63) is 0 Å². The van der Waals surface area contributed by atoms with Crippen LogP contribution in [0.25, 0.3) is 0 Å². The highest BCUT2D eigenvalue weighted by atomic mass is 19.4. The Hall–Kier alpha value is -0.290. The van der Waals surface area contributed by atoms with Crippen molar-refractivity contribution in [3.8, 4) is 0 Å². The Balaban J connectivity index is 2.55. The number of alkyl halides is 3. The van der Waals surface area contributed by atoms with Crippen LogP contribution in [0.4, 0.5) is 13.2 Å². The van der Waals surface area contributed by atoms with Crippen molar-refractivity contribution in [2.45, 2.75) is 38.1 Å². The van der Waals surface area contributed by atoms with E-state index >= 15 is 0 Å². The molecular weight excluding hydrogens is 183 g/mol. The van der Waals surface area contributed by atoms with Crippen LogP contribution in [0.15, 0.2) is 0 Å². The monoisotopic (exact) mass is 197 g/mol. The average Bonchev–Trinajstić information content (AvgIpc) is 2.49. The molecule has 2 nitrogen and oxygen atoms in total. The van der Waals surface area contributed by atoms with E-state index in [4.69, 9.17) is 4.74 Å². The molecule has 1 heterocycles. The Bertz CT molecular complexity index is 154. The minimum atomic E-state index is -4.20. The molecule has 0 aromatic heterocycles. The zero-order valence-electron chi connectivity index (χ0n) is 7.53. The van der Waals surface area contributed by atoms with Gasteiger partial charge in [0.15, 0.2) is 0 Å². The molecule has 1 aliphatic heterocycles. The maximum Gasteiger partial charge on any atom is 0.406 e. The number of halogens is 3. The van der Waals surface area contributed by atoms with E-state index < -0.39 is 18.3 Å². The second kappa shape index (κ2) is 4.28. The van der Waals surface area contributed by atoms with E-state index in [0.29, 0.717) is 19.6 Å². The molecule has 2 atom stereocenters. The molecule has 0 aromatic carbocycles. The predicted molar refractivity (Wildman–Crippen MR) is 42.5 cm³/mol. The molecule has 5 heteroatoms. The lowest BCUT2D eigenvalue weighted by Crippen LogP contribution is -2.50. The molecule has 1 rings (SSSR count). The Morgan fingerprint density at radius 3 is 2.62 bits per heavy atom. The maximum atomic E-state index is 12.4. The van der Waals surface area contributed by atoms with Crippen LogP contribution in [-0.2, 0) is 4.74 Å². The van der Waals surface area contributed by atoms with E-state index in [2.05, 4.69) is 5.32 Å². The van der Waals surface area contributed by atoms with Crippen molar-refractivity contribution in [3.63, 3.8) is 0 Å². The molecule has 0 spiro atoms. The summed E-state index contributed by atoms with van der Waals surface area (Å²) >= 11 is 0. The second-order valence-electron chi connectivity index (χ2n) is 3.13. The quantitative estimate of drug-likeness (QED) is 0.743. The van der Waals surface area contributed by atoms with Gasteiger partial charge in [0, 0.05) is 6.61 Å². The number of hydrogen-bond acceptors (Lipinski definition) is 2. The smallest absolute Gasteiger partial charge is 0.376 e. The van der Waals surface area contributed by atoms with Crippen LogP contribution in [0, 0.1) is 0 Å². The van der Waals surface area contributed by atoms with E-state index in [1.54, 1.807) is 6.92 Å². The largest absolute Gasteiger partial charge is 0.406 e. The lowest BCUT2D eigenvalue weighted by Gasteiger charge is -2.25. The molecule has 0 aromatic rings. The van der Waals surface area contributed by atoms with Crippen LogP contribution in [0.5, 0.6) is 0 Å². The summed E-state index contributed by atoms with van der Waals surface area (Å²) < 4.78 is 42.3. The molecule has 1 aliphatic rings. The van der Waals surface area contributed by atoms with Crippen LogP contribution < -0.4 is 5.32 Å². The van der Waals surface area contributed by atoms with Gasteiger partial charge in [0.05, 0.1) is 6.10 Å². The third-order valence-corrected chi connectivity index (χ3v) is 2.11. The second-order valence-corrected chi connectivity index (χ2v) is 3.13. The highest BCUT2D eigenvalue weighted by Crippen LogP contribution is 2.28. The lowest BCUT2D eigenvalue weighted by atomic mass is 10.1. The van der Waals surface area contributed by atoms with E-state index in [9.17, 15) is 13.2 Å². The molecule has 0 aliphatic carbocycles. The van der Waals surface area contributed by atoms with E-state index in [0.717, 1.165) is 6.42 Å². The predicted octanol–water partition coefficient (Wildman–Crippen LogP) is 1.71. The Labute approximate surface area is 75.4 Å². The molecule has 1 saturated heterocycles. The molecule has 78 valence electrons. The maximum absolute atomic E-state index is 12.4. The number of rotatable bonds is 3. The molecule has 2 unspecified atom stereocenters. The Morgan fingerprint density at radius 2 is 2.23 bits per heavy atom. The van der Waals surface area contributed by atoms with Gasteiger partial charge in [-0.15, -0.1) is 0 Å². The summed E-state index contributed by atoms with van der Waals surface area (Å²) in [5, 5.41) is 2.41. The summed E-state index contributed by atoms with van der Waals surface area (Å²) in [5.74, 6) is 0. The summed E-state index contributed by atoms with van der Waals surface area (Å²) in [6.07, 6.45) is -3.68. The molecular formula is C8H14F3NO. The van der Waals surface area contributed by atoms with Crippen LogP contribution in [0.3, 0.4) is 0 Å². The van der Waals surface area contributed by atoms with Crippen molar-refractivity contribution in [1.29, 1.82) is 0 Å². The lowest BCUT2D eigenvalue weighted by molar-refractivity contribution is -0.179. The number of ether oxygens (including phenoxy) is 1. The van der Waals surface area contributed by atoms with E-state index in [1.165, 1.54) is 0 Å². The van der Waals surface area contributed by atoms with Gasteiger partial charge in [0.25, 0.3) is 0 Å². The Morgan fingerprint density at radius 1 is 1.54 bits per heavy atom. The normalized spacial score (nSPS) is 26.3. The van der Waals surface area contributed by atoms with Gasteiger partial charge < -0.3 is 10.1 Å². The third-order valence-electron chi connectivity index (χ3n) is 2.11. The fourth-order valence-electron chi connectivity index (χ4n) is 1.54. The summed E-state index contributed by atoms with van der Waals surface area (Å²) in [6.45, 7) is 2.42. The zero-order valence-corrected chi connectivity index (χ0v) is 7.53. The van der Waals surface area contributed by atoms with Gasteiger partial charge in [-0.25, -0.2) is 0 Å².